The molecule has 6 rings (SSSR count). The van der Waals surface area contributed by atoms with Gasteiger partial charge in [-0.1, -0.05) is 12.1 Å². The second-order valence-corrected chi connectivity index (χ2v) is 9.34. The molecule has 0 aromatic heterocycles. The maximum absolute atomic E-state index is 13.5. The number of piperazine rings is 1. The number of alkyl halides is 2. The van der Waals surface area contributed by atoms with Crippen LogP contribution in [0.1, 0.15) is 30.7 Å². The van der Waals surface area contributed by atoms with Crippen molar-refractivity contribution in [3.05, 3.63) is 42.0 Å². The molecule has 1 N–H and O–H groups in total. The minimum Gasteiger partial charge on any atom is -0.494 e. The number of hydrogen-bond donors (Lipinski definition) is 1. The second kappa shape index (κ2) is 8.30. The van der Waals surface area contributed by atoms with Gasteiger partial charge in [0.25, 0.3) is 0 Å². The molecule has 1 saturated heterocycles. The number of amides is 1. The Morgan fingerprint density at radius 1 is 1.06 bits per heavy atom. The van der Waals surface area contributed by atoms with Crippen LogP contribution in [0.3, 0.4) is 0 Å². The van der Waals surface area contributed by atoms with Gasteiger partial charge in [0.15, 0.2) is 11.5 Å². The summed E-state index contributed by atoms with van der Waals surface area (Å²) in [5, 5.41) is 2.99. The monoisotopic (exact) mass is 471 g/mol. The predicted molar refractivity (Wildman–Crippen MR) is 122 cm³/mol. The van der Waals surface area contributed by atoms with Gasteiger partial charge in [0.05, 0.1) is 12.3 Å². The molecular weight excluding hydrogens is 444 g/mol. The van der Waals surface area contributed by atoms with Crippen LogP contribution >= 0.6 is 0 Å². The zero-order valence-corrected chi connectivity index (χ0v) is 18.8. The van der Waals surface area contributed by atoms with E-state index in [1.165, 1.54) is 11.6 Å². The lowest BCUT2D eigenvalue weighted by Crippen LogP contribution is -2.46. The third kappa shape index (κ3) is 4.13. The highest BCUT2D eigenvalue weighted by atomic mass is 19.3. The van der Waals surface area contributed by atoms with E-state index in [-0.39, 0.29) is 23.3 Å². The van der Waals surface area contributed by atoms with Gasteiger partial charge in [-0.25, -0.2) is 0 Å². The van der Waals surface area contributed by atoms with Gasteiger partial charge in [-0.2, -0.15) is 0 Å². The lowest BCUT2D eigenvalue weighted by atomic mass is 10.0. The summed E-state index contributed by atoms with van der Waals surface area (Å²) in [5.74, 6) is 1.69. The van der Waals surface area contributed by atoms with Crippen LogP contribution in [-0.4, -0.2) is 56.4 Å². The molecule has 0 radical (unpaired) electrons. The highest BCUT2D eigenvalue weighted by molar-refractivity contribution is 5.99. The van der Waals surface area contributed by atoms with Crippen LogP contribution in [0, 0.1) is 5.92 Å². The number of nitrogens with zero attached hydrogens (tertiary/aromatic N) is 2. The maximum atomic E-state index is 13.5. The van der Waals surface area contributed by atoms with Gasteiger partial charge in [-0.3, -0.25) is 9.69 Å². The van der Waals surface area contributed by atoms with Crippen LogP contribution < -0.4 is 24.4 Å². The molecule has 9 heteroatoms. The van der Waals surface area contributed by atoms with E-state index in [9.17, 15) is 13.6 Å². The minimum atomic E-state index is -3.60. The fourth-order valence-electron chi connectivity index (χ4n) is 5.15. The number of ether oxygens (including phenoxy) is 3. The van der Waals surface area contributed by atoms with E-state index in [1.54, 1.807) is 12.1 Å². The van der Waals surface area contributed by atoms with Gasteiger partial charge < -0.3 is 24.4 Å². The molecule has 2 aromatic rings. The summed E-state index contributed by atoms with van der Waals surface area (Å²) in [7, 11) is 0. The Bertz CT molecular complexity index is 1100. The van der Waals surface area contributed by atoms with Gasteiger partial charge in [-0.05, 0) is 55.5 Å². The summed E-state index contributed by atoms with van der Waals surface area (Å²) in [6.45, 7) is 4.78. The van der Waals surface area contributed by atoms with Crippen molar-refractivity contribution >= 4 is 17.3 Å². The largest absolute Gasteiger partial charge is 0.586 e. The standard InChI is InChI=1S/C25H27F2N3O4/c26-25(27)33-22-5-3-4-21(23(22)34-25)30-11-9-29(10-12-30)8-1-2-13-32-16-6-7-17-18-15-19(18)24(31)28-20(17)14-16/h3-7,14,18-19H,1-2,8-13,15H2,(H,28,31). The van der Waals surface area contributed by atoms with E-state index in [1.807, 2.05) is 12.1 Å². The molecule has 1 amide bonds. The molecule has 2 unspecified atom stereocenters. The lowest BCUT2D eigenvalue weighted by molar-refractivity contribution is -0.286. The number of anilines is 2. The Kier molecular flexibility index (Phi) is 5.24. The number of hydrogen-bond acceptors (Lipinski definition) is 6. The third-order valence-corrected chi connectivity index (χ3v) is 7.07. The minimum absolute atomic E-state index is 0.0861. The Morgan fingerprint density at radius 3 is 2.76 bits per heavy atom. The van der Waals surface area contributed by atoms with E-state index in [2.05, 4.69) is 25.9 Å². The normalized spacial score (nSPS) is 24.3. The number of nitrogens with one attached hydrogen (secondary N) is 1. The topological polar surface area (TPSA) is 63.3 Å². The van der Waals surface area contributed by atoms with Crippen molar-refractivity contribution in [1.82, 2.24) is 4.90 Å². The zero-order valence-electron chi connectivity index (χ0n) is 18.8. The molecule has 2 fully saturated rings. The van der Waals surface area contributed by atoms with Crippen molar-refractivity contribution in [2.75, 3.05) is 49.5 Å². The van der Waals surface area contributed by atoms with Crippen molar-refractivity contribution in [3.63, 3.8) is 0 Å². The summed E-state index contributed by atoms with van der Waals surface area (Å²) in [5.41, 5.74) is 2.77. The van der Waals surface area contributed by atoms with Gasteiger partial charge in [0.2, 0.25) is 5.91 Å². The summed E-state index contributed by atoms with van der Waals surface area (Å²) in [6, 6.07) is 11.0. The van der Waals surface area contributed by atoms with Crippen molar-refractivity contribution in [2.45, 2.75) is 31.5 Å². The van der Waals surface area contributed by atoms with Crippen molar-refractivity contribution in [2.24, 2.45) is 5.92 Å². The first-order chi connectivity index (χ1) is 16.5. The number of benzene rings is 2. The van der Waals surface area contributed by atoms with E-state index < -0.39 is 6.29 Å². The summed E-state index contributed by atoms with van der Waals surface area (Å²) in [6.07, 6.45) is -0.704. The Hall–Kier alpha value is -3.07. The molecule has 34 heavy (non-hydrogen) atoms. The smallest absolute Gasteiger partial charge is 0.494 e. The predicted octanol–water partition coefficient (Wildman–Crippen LogP) is 4.04. The quantitative estimate of drug-likeness (QED) is 0.615. The van der Waals surface area contributed by atoms with Crippen LogP contribution in [0.4, 0.5) is 20.2 Å². The van der Waals surface area contributed by atoms with Crippen LogP contribution in [0.5, 0.6) is 17.2 Å². The van der Waals surface area contributed by atoms with E-state index in [0.29, 0.717) is 18.2 Å². The third-order valence-electron chi connectivity index (χ3n) is 7.07. The van der Waals surface area contributed by atoms with Crippen molar-refractivity contribution < 1.29 is 27.8 Å². The first-order valence-electron chi connectivity index (χ1n) is 11.9. The first kappa shape index (κ1) is 21.5. The molecule has 4 aliphatic rings. The SMILES string of the molecule is O=C1Nc2cc(OCCCCN3CCN(c4cccc5c4OC(F)(F)O5)CC3)ccc2C2CC12. The van der Waals surface area contributed by atoms with Gasteiger partial charge in [-0.15, -0.1) is 8.78 Å². The Labute approximate surface area is 196 Å². The molecule has 0 spiro atoms. The van der Waals surface area contributed by atoms with E-state index >= 15 is 0 Å². The number of rotatable bonds is 7. The maximum Gasteiger partial charge on any atom is 0.586 e. The highest BCUT2D eigenvalue weighted by Crippen LogP contribution is 2.53. The first-order valence-corrected chi connectivity index (χ1v) is 11.9. The fraction of sp³-hybridized carbons (Fsp3) is 0.480. The van der Waals surface area contributed by atoms with Crippen LogP contribution in [-0.2, 0) is 4.79 Å². The molecule has 0 bridgehead atoms. The molecular formula is C25H27F2N3O4. The summed E-state index contributed by atoms with van der Waals surface area (Å²) < 4.78 is 42.1. The molecule has 2 atom stereocenters. The molecule has 1 saturated carbocycles. The van der Waals surface area contributed by atoms with Gasteiger partial charge in [0.1, 0.15) is 5.75 Å². The lowest BCUT2D eigenvalue weighted by Gasteiger charge is -2.36. The molecule has 1 aliphatic carbocycles. The summed E-state index contributed by atoms with van der Waals surface area (Å²) >= 11 is 0. The van der Waals surface area contributed by atoms with Crippen LogP contribution in [0.2, 0.25) is 0 Å². The highest BCUT2D eigenvalue weighted by Gasteiger charge is 2.48. The molecule has 2 aromatic carbocycles. The molecule has 3 heterocycles. The zero-order chi connectivity index (χ0) is 23.3. The Balaban J connectivity index is 0.934. The van der Waals surface area contributed by atoms with E-state index in [4.69, 9.17) is 9.47 Å². The fourth-order valence-corrected chi connectivity index (χ4v) is 5.15. The van der Waals surface area contributed by atoms with Crippen molar-refractivity contribution in [1.29, 1.82) is 0 Å². The number of carbonyl (C=O) groups excluding carboxylic acids is 1. The molecule has 7 nitrogen and oxygen atoms in total. The van der Waals surface area contributed by atoms with Gasteiger partial charge >= 0.3 is 6.29 Å². The average Bonchev–Trinajstić information content (AvgIpc) is 3.56. The number of carbonyl (C=O) groups is 1. The van der Waals surface area contributed by atoms with Crippen LogP contribution in [0.25, 0.3) is 0 Å². The summed E-state index contributed by atoms with van der Waals surface area (Å²) in [4.78, 5) is 16.4. The van der Waals surface area contributed by atoms with Gasteiger partial charge in [0, 0.05) is 43.9 Å². The number of halogens is 2. The number of para-hydroxylation sites is 1. The molecule has 3 aliphatic heterocycles. The Morgan fingerprint density at radius 2 is 1.91 bits per heavy atom. The average molecular weight is 472 g/mol. The second-order valence-electron chi connectivity index (χ2n) is 9.34. The number of unbranched alkanes of at least 4 members (excludes halogenated alkanes) is 1. The van der Waals surface area contributed by atoms with Crippen molar-refractivity contribution in [3.8, 4) is 17.2 Å². The van der Waals surface area contributed by atoms with Crippen LogP contribution in [0.15, 0.2) is 36.4 Å². The van der Waals surface area contributed by atoms with E-state index in [0.717, 1.165) is 63.4 Å². The molecule has 180 valence electrons. The number of fused-ring (bicyclic) bond motifs is 4.